The monoisotopic (exact) mass is 389 g/mol. The number of benzene rings is 2. The number of amidine groups is 1. The lowest BCUT2D eigenvalue weighted by Crippen LogP contribution is -2.27. The lowest BCUT2D eigenvalue weighted by atomic mass is 9.77. The zero-order valence-corrected chi connectivity index (χ0v) is 16.1. The minimum absolute atomic E-state index is 0.0513. The van der Waals surface area contributed by atoms with Crippen molar-refractivity contribution in [3.05, 3.63) is 89.9 Å². The molecule has 3 aromatic rings. The summed E-state index contributed by atoms with van der Waals surface area (Å²) in [6.07, 6.45) is 5.38. The van der Waals surface area contributed by atoms with Crippen LogP contribution >= 0.6 is 0 Å². The van der Waals surface area contributed by atoms with Crippen molar-refractivity contribution in [2.75, 3.05) is 0 Å². The van der Waals surface area contributed by atoms with Crippen molar-refractivity contribution in [3.8, 4) is 5.75 Å². The second-order valence-corrected chi connectivity index (χ2v) is 6.98. The van der Waals surface area contributed by atoms with Crippen LogP contribution in [-0.2, 0) is 6.42 Å². The normalized spacial score (nSPS) is 12.0. The molecule has 6 heteroatoms. The van der Waals surface area contributed by atoms with Crippen molar-refractivity contribution >= 4 is 11.6 Å². The van der Waals surface area contributed by atoms with E-state index in [0.717, 1.165) is 17.9 Å². The van der Waals surface area contributed by atoms with Gasteiger partial charge in [-0.1, -0.05) is 42.5 Å². The number of phenolic OH excluding ortho intramolecular Hbond substituents is 1. The van der Waals surface area contributed by atoms with Gasteiger partial charge in [0, 0.05) is 30.7 Å². The molecule has 0 saturated carbocycles. The van der Waals surface area contributed by atoms with E-state index in [-0.39, 0.29) is 17.4 Å². The number of hydrogen-bond donors (Lipinski definition) is 4. The number of nitrogens with one attached hydrogen (secondary N) is 2. The molecule has 1 atom stereocenters. The molecule has 2 aromatic carbocycles. The highest BCUT2D eigenvalue weighted by Crippen LogP contribution is 2.34. The number of carbonyl (C=O) groups is 1. The molecule has 1 heterocycles. The fraction of sp³-hybridized carbons (Fsp3) is 0.217. The zero-order chi connectivity index (χ0) is 20.6. The van der Waals surface area contributed by atoms with Crippen LogP contribution in [0.4, 0.5) is 0 Å². The molecule has 6 nitrogen and oxygen atoms in total. The topological polar surface area (TPSA) is 116 Å². The molecule has 0 spiro atoms. The van der Waals surface area contributed by atoms with E-state index in [2.05, 4.69) is 22.1 Å². The summed E-state index contributed by atoms with van der Waals surface area (Å²) in [7, 11) is 0. The fourth-order valence-electron chi connectivity index (χ4n) is 3.45. The molecule has 0 aliphatic rings. The van der Waals surface area contributed by atoms with Gasteiger partial charge in [0.15, 0.2) is 5.82 Å². The fourth-order valence-corrected chi connectivity index (χ4v) is 3.45. The molecule has 5 N–H and O–H groups in total. The van der Waals surface area contributed by atoms with E-state index in [1.165, 1.54) is 5.56 Å². The number of aromatic nitrogens is 2. The molecule has 0 aliphatic carbocycles. The Balaban J connectivity index is 1.92. The molecule has 1 aromatic heterocycles. The van der Waals surface area contributed by atoms with Crippen LogP contribution in [0.1, 0.15) is 41.0 Å². The van der Waals surface area contributed by atoms with E-state index in [0.29, 0.717) is 25.1 Å². The summed E-state index contributed by atoms with van der Waals surface area (Å²) in [5.41, 5.74) is 7.67. The van der Waals surface area contributed by atoms with Gasteiger partial charge in [-0.05, 0) is 42.5 Å². The van der Waals surface area contributed by atoms with E-state index >= 15 is 0 Å². The van der Waals surface area contributed by atoms with E-state index < -0.39 is 5.92 Å². The predicted octanol–water partition coefficient (Wildman–Crippen LogP) is 3.89. The number of aromatic hydroxyl groups is 1. The molecular formula is C23H25N4O2. The summed E-state index contributed by atoms with van der Waals surface area (Å²) in [4.78, 5) is 20.3. The Morgan fingerprint density at radius 3 is 2.45 bits per heavy atom. The first-order valence-corrected chi connectivity index (χ1v) is 9.60. The van der Waals surface area contributed by atoms with Crippen molar-refractivity contribution in [1.82, 2.24) is 9.97 Å². The van der Waals surface area contributed by atoms with Gasteiger partial charge in [-0.3, -0.25) is 10.2 Å². The first kappa shape index (κ1) is 20.3. The van der Waals surface area contributed by atoms with Crippen LogP contribution in [0.25, 0.3) is 0 Å². The Morgan fingerprint density at radius 1 is 1.10 bits per heavy atom. The molecule has 0 amide bonds. The Kier molecular flexibility index (Phi) is 6.79. The molecule has 0 aliphatic heterocycles. The number of imidazole rings is 1. The van der Waals surface area contributed by atoms with Gasteiger partial charge in [0.25, 0.3) is 0 Å². The standard InChI is InChI=1S/C23H25N4O2/c24-21(25)13-12-20(22(29)23-26-14-15-27-23)19(17-7-9-18(28)10-8-17)11-6-16-4-2-1-3-5-16/h1-5,7-10,14-15,20,28H,6,11-13H2,(H3,24,25)(H,26,27). The average Bonchev–Trinajstić information content (AvgIpc) is 3.26. The van der Waals surface area contributed by atoms with E-state index in [4.69, 9.17) is 11.1 Å². The highest BCUT2D eigenvalue weighted by molar-refractivity contribution is 5.96. The van der Waals surface area contributed by atoms with Gasteiger partial charge in [-0.15, -0.1) is 0 Å². The van der Waals surface area contributed by atoms with Gasteiger partial charge in [0.2, 0.25) is 5.78 Å². The maximum atomic E-state index is 13.2. The van der Waals surface area contributed by atoms with Crippen LogP contribution < -0.4 is 5.73 Å². The molecule has 0 fully saturated rings. The van der Waals surface area contributed by atoms with Crippen molar-refractivity contribution in [2.45, 2.75) is 25.7 Å². The highest BCUT2D eigenvalue weighted by Gasteiger charge is 2.32. The van der Waals surface area contributed by atoms with Crippen molar-refractivity contribution in [1.29, 1.82) is 5.41 Å². The first-order valence-electron chi connectivity index (χ1n) is 9.60. The number of aryl methyl sites for hydroxylation is 1. The molecule has 1 radical (unpaired) electrons. The average molecular weight is 389 g/mol. The van der Waals surface area contributed by atoms with E-state index in [1.807, 2.05) is 30.3 Å². The minimum Gasteiger partial charge on any atom is -0.508 e. The third-order valence-corrected chi connectivity index (χ3v) is 4.94. The molecule has 29 heavy (non-hydrogen) atoms. The van der Waals surface area contributed by atoms with Gasteiger partial charge >= 0.3 is 0 Å². The van der Waals surface area contributed by atoms with Gasteiger partial charge in [-0.2, -0.15) is 0 Å². The smallest absolute Gasteiger partial charge is 0.202 e. The Labute approximate surface area is 170 Å². The number of aromatic amines is 1. The number of phenols is 1. The van der Waals surface area contributed by atoms with Crippen LogP contribution in [0.2, 0.25) is 0 Å². The third-order valence-electron chi connectivity index (χ3n) is 4.94. The van der Waals surface area contributed by atoms with Gasteiger partial charge < -0.3 is 15.8 Å². The van der Waals surface area contributed by atoms with E-state index in [1.54, 1.807) is 24.5 Å². The minimum atomic E-state index is -0.460. The second-order valence-electron chi connectivity index (χ2n) is 6.98. The van der Waals surface area contributed by atoms with Crippen molar-refractivity contribution in [2.24, 2.45) is 11.7 Å². The summed E-state index contributed by atoms with van der Waals surface area (Å²) < 4.78 is 0. The Hall–Kier alpha value is -3.41. The summed E-state index contributed by atoms with van der Waals surface area (Å²) in [5, 5.41) is 17.3. The van der Waals surface area contributed by atoms with Crippen LogP contribution in [0.15, 0.2) is 67.0 Å². The number of rotatable bonds is 10. The van der Waals surface area contributed by atoms with Crippen LogP contribution in [0.5, 0.6) is 5.75 Å². The third kappa shape index (κ3) is 5.54. The van der Waals surface area contributed by atoms with E-state index in [9.17, 15) is 9.90 Å². The van der Waals surface area contributed by atoms with Gasteiger partial charge in [0.05, 0.1) is 5.84 Å². The van der Waals surface area contributed by atoms with Gasteiger partial charge in [-0.25, -0.2) is 4.98 Å². The summed E-state index contributed by atoms with van der Waals surface area (Å²) >= 11 is 0. The van der Waals surface area contributed by atoms with Crippen LogP contribution in [-0.4, -0.2) is 26.7 Å². The Morgan fingerprint density at radius 2 is 1.83 bits per heavy atom. The van der Waals surface area contributed by atoms with Gasteiger partial charge in [0.1, 0.15) is 5.75 Å². The predicted molar refractivity (Wildman–Crippen MR) is 113 cm³/mol. The van der Waals surface area contributed by atoms with Crippen molar-refractivity contribution in [3.63, 3.8) is 0 Å². The highest BCUT2D eigenvalue weighted by atomic mass is 16.3. The second kappa shape index (κ2) is 9.68. The lowest BCUT2D eigenvalue weighted by Gasteiger charge is -2.26. The number of Topliss-reactive ketones (excluding diaryl/α,β-unsaturated/α-hetero) is 1. The molecule has 1 unspecified atom stereocenters. The molecular weight excluding hydrogens is 364 g/mol. The number of H-pyrrole nitrogens is 1. The lowest BCUT2D eigenvalue weighted by molar-refractivity contribution is 0.0913. The number of ketones is 1. The van der Waals surface area contributed by atoms with Crippen LogP contribution in [0.3, 0.4) is 0 Å². The number of nitrogens with zero attached hydrogens (tertiary/aromatic N) is 1. The SMILES string of the molecule is N=C(N)CCC([C](CCc1ccccc1)c1ccc(O)cc1)C(=O)c1ncc[nH]1. The quantitative estimate of drug-likeness (QED) is 0.239. The number of nitrogens with two attached hydrogens (primary N) is 1. The molecule has 0 saturated heterocycles. The Bertz CT molecular complexity index is 921. The zero-order valence-electron chi connectivity index (χ0n) is 16.1. The largest absolute Gasteiger partial charge is 0.508 e. The first-order chi connectivity index (χ1) is 14.0. The number of carbonyl (C=O) groups excluding carboxylic acids is 1. The summed E-state index contributed by atoms with van der Waals surface area (Å²) in [6, 6.07) is 17.0. The molecule has 3 rings (SSSR count). The molecule has 149 valence electrons. The molecule has 0 bridgehead atoms. The van der Waals surface area contributed by atoms with Crippen molar-refractivity contribution < 1.29 is 9.90 Å². The maximum absolute atomic E-state index is 13.2. The summed E-state index contributed by atoms with van der Waals surface area (Å²) in [6.45, 7) is 0. The van der Waals surface area contributed by atoms with Crippen LogP contribution in [0, 0.1) is 17.2 Å². The number of hydrogen-bond acceptors (Lipinski definition) is 4. The maximum Gasteiger partial charge on any atom is 0.202 e. The summed E-state index contributed by atoms with van der Waals surface area (Å²) in [5.74, 6) is 0.904.